The van der Waals surface area contributed by atoms with Crippen LogP contribution in [0.2, 0.25) is 0 Å². The van der Waals surface area contributed by atoms with Gasteiger partial charge < -0.3 is 15.4 Å². The van der Waals surface area contributed by atoms with Crippen LogP contribution in [0, 0.1) is 6.92 Å². The molecule has 0 spiro atoms. The minimum absolute atomic E-state index is 0.235. The van der Waals surface area contributed by atoms with Crippen molar-refractivity contribution < 1.29 is 9.53 Å². The number of nitrogens with one attached hydrogen (secondary N) is 2. The summed E-state index contributed by atoms with van der Waals surface area (Å²) in [6.07, 6.45) is 0. The number of thioether (sulfide) groups is 1. The highest BCUT2D eigenvalue weighted by Crippen LogP contribution is 2.27. The van der Waals surface area contributed by atoms with E-state index in [-0.39, 0.29) is 12.6 Å². The molecule has 2 amide bonds. The molecule has 4 aromatic rings. The number of urea groups is 1. The van der Waals surface area contributed by atoms with Crippen molar-refractivity contribution in [1.82, 2.24) is 20.1 Å². The van der Waals surface area contributed by atoms with Gasteiger partial charge in [-0.2, -0.15) is 0 Å². The lowest BCUT2D eigenvalue weighted by Gasteiger charge is -2.12. The van der Waals surface area contributed by atoms with Crippen molar-refractivity contribution in [3.8, 4) is 11.4 Å². The number of methoxy groups -OCH3 is 1. The number of carbonyl (C=O) groups excluding carboxylic acids is 1. The van der Waals surface area contributed by atoms with Crippen molar-refractivity contribution >= 4 is 23.5 Å². The molecule has 0 bridgehead atoms. The fourth-order valence-electron chi connectivity index (χ4n) is 3.23. The number of amides is 2. The highest BCUT2D eigenvalue weighted by atomic mass is 32.2. The largest absolute Gasteiger partial charge is 0.497 e. The summed E-state index contributed by atoms with van der Waals surface area (Å²) < 4.78 is 7.30. The zero-order valence-electron chi connectivity index (χ0n) is 18.5. The van der Waals surface area contributed by atoms with Gasteiger partial charge in [0.1, 0.15) is 5.75 Å². The van der Waals surface area contributed by atoms with Gasteiger partial charge in [0.15, 0.2) is 11.0 Å². The van der Waals surface area contributed by atoms with Crippen LogP contribution in [0.4, 0.5) is 10.5 Å². The summed E-state index contributed by atoms with van der Waals surface area (Å²) in [5, 5.41) is 15.2. The summed E-state index contributed by atoms with van der Waals surface area (Å²) in [4.78, 5) is 12.4. The number of aromatic nitrogens is 3. The first-order valence-electron chi connectivity index (χ1n) is 10.5. The fraction of sp³-hybridized carbons (Fsp3) is 0.160. The van der Waals surface area contributed by atoms with Crippen LogP contribution in [0.1, 0.15) is 17.0 Å². The number of carbonyl (C=O) groups is 1. The highest BCUT2D eigenvalue weighted by Gasteiger charge is 2.16. The van der Waals surface area contributed by atoms with Crippen LogP contribution in [0.25, 0.3) is 5.69 Å². The van der Waals surface area contributed by atoms with E-state index in [1.807, 2.05) is 84.3 Å². The second-order valence-corrected chi connectivity index (χ2v) is 8.33. The van der Waals surface area contributed by atoms with E-state index in [0.717, 1.165) is 27.8 Å². The van der Waals surface area contributed by atoms with Crippen LogP contribution in [0.5, 0.6) is 5.75 Å². The molecule has 0 atom stereocenters. The Morgan fingerprint density at radius 1 is 1.00 bits per heavy atom. The maximum atomic E-state index is 12.4. The minimum Gasteiger partial charge on any atom is -0.497 e. The first kappa shape index (κ1) is 22.4. The van der Waals surface area contributed by atoms with Crippen molar-refractivity contribution in [2.75, 3.05) is 12.4 Å². The smallest absolute Gasteiger partial charge is 0.319 e. The molecule has 2 N–H and O–H groups in total. The standard InChI is InChI=1S/C25H25N5O2S/c1-18-11-13-21(14-12-18)30-23(16-26-24(31)27-20-8-4-3-5-9-20)28-29-25(30)33-17-19-7-6-10-22(15-19)32-2/h3-15H,16-17H2,1-2H3,(H2,26,27,31). The second kappa shape index (κ2) is 10.7. The molecule has 0 unspecified atom stereocenters. The topological polar surface area (TPSA) is 81.1 Å². The Balaban J connectivity index is 1.52. The van der Waals surface area contributed by atoms with Gasteiger partial charge in [0.25, 0.3) is 0 Å². The average molecular weight is 460 g/mol. The highest BCUT2D eigenvalue weighted by molar-refractivity contribution is 7.98. The Bertz CT molecular complexity index is 1210. The van der Waals surface area contributed by atoms with E-state index in [1.54, 1.807) is 18.9 Å². The summed E-state index contributed by atoms with van der Waals surface area (Å²) in [6, 6.07) is 25.1. The normalized spacial score (nSPS) is 10.6. The SMILES string of the molecule is COc1cccc(CSc2nnc(CNC(=O)Nc3ccccc3)n2-c2ccc(C)cc2)c1. The maximum absolute atomic E-state index is 12.4. The molecule has 1 aromatic heterocycles. The molecular formula is C25H25N5O2S. The van der Waals surface area contributed by atoms with Gasteiger partial charge in [-0.25, -0.2) is 4.79 Å². The molecule has 3 aromatic carbocycles. The minimum atomic E-state index is -0.301. The van der Waals surface area contributed by atoms with Gasteiger partial charge >= 0.3 is 6.03 Å². The summed E-state index contributed by atoms with van der Waals surface area (Å²) in [6.45, 7) is 2.28. The van der Waals surface area contributed by atoms with Crippen LogP contribution < -0.4 is 15.4 Å². The molecule has 7 nitrogen and oxygen atoms in total. The predicted octanol–water partition coefficient (Wildman–Crippen LogP) is 5.20. The predicted molar refractivity (Wildman–Crippen MR) is 131 cm³/mol. The van der Waals surface area contributed by atoms with Crippen LogP contribution in [0.3, 0.4) is 0 Å². The summed E-state index contributed by atoms with van der Waals surface area (Å²) in [7, 11) is 1.66. The third-order valence-electron chi connectivity index (χ3n) is 4.93. The van der Waals surface area contributed by atoms with Gasteiger partial charge in [-0.3, -0.25) is 4.57 Å². The summed E-state index contributed by atoms with van der Waals surface area (Å²) >= 11 is 1.58. The number of para-hydroxylation sites is 1. The van der Waals surface area contributed by atoms with E-state index in [0.29, 0.717) is 11.6 Å². The van der Waals surface area contributed by atoms with E-state index < -0.39 is 0 Å². The zero-order chi connectivity index (χ0) is 23.0. The van der Waals surface area contributed by atoms with Crippen LogP contribution in [-0.2, 0) is 12.3 Å². The van der Waals surface area contributed by atoms with Gasteiger partial charge in [-0.1, -0.05) is 59.8 Å². The Labute approximate surface area is 197 Å². The fourth-order valence-corrected chi connectivity index (χ4v) is 4.14. The molecule has 0 fully saturated rings. The molecule has 0 radical (unpaired) electrons. The Hall–Kier alpha value is -3.78. The van der Waals surface area contributed by atoms with Crippen molar-refractivity contribution in [3.63, 3.8) is 0 Å². The average Bonchev–Trinajstić information content (AvgIpc) is 3.25. The molecule has 0 aliphatic rings. The molecule has 168 valence electrons. The van der Waals surface area contributed by atoms with Gasteiger partial charge in [-0.05, 0) is 48.9 Å². The van der Waals surface area contributed by atoms with Gasteiger partial charge in [0.05, 0.1) is 13.7 Å². The summed E-state index contributed by atoms with van der Waals surface area (Å²) in [5.74, 6) is 2.18. The van der Waals surface area contributed by atoms with Crippen molar-refractivity contribution in [2.45, 2.75) is 24.4 Å². The molecule has 1 heterocycles. The Morgan fingerprint density at radius 3 is 2.55 bits per heavy atom. The molecule has 0 aliphatic carbocycles. The second-order valence-electron chi connectivity index (χ2n) is 7.38. The van der Waals surface area contributed by atoms with E-state index in [1.165, 1.54) is 5.56 Å². The molecular weight excluding hydrogens is 434 g/mol. The van der Waals surface area contributed by atoms with Crippen LogP contribution in [-0.4, -0.2) is 27.9 Å². The molecule has 0 saturated heterocycles. The van der Waals surface area contributed by atoms with E-state index in [2.05, 4.69) is 26.9 Å². The van der Waals surface area contributed by atoms with E-state index in [4.69, 9.17) is 4.74 Å². The molecule has 8 heteroatoms. The number of nitrogens with zero attached hydrogens (tertiary/aromatic N) is 3. The van der Waals surface area contributed by atoms with Crippen LogP contribution in [0.15, 0.2) is 84.0 Å². The Morgan fingerprint density at radius 2 is 1.79 bits per heavy atom. The lowest BCUT2D eigenvalue weighted by atomic mass is 10.2. The number of hydrogen-bond donors (Lipinski definition) is 2. The summed E-state index contributed by atoms with van der Waals surface area (Å²) in [5.41, 5.74) is 3.96. The lowest BCUT2D eigenvalue weighted by molar-refractivity contribution is 0.251. The third-order valence-corrected chi connectivity index (χ3v) is 5.93. The van der Waals surface area contributed by atoms with Gasteiger partial charge in [0.2, 0.25) is 0 Å². The number of rotatable bonds is 8. The van der Waals surface area contributed by atoms with Crippen molar-refractivity contribution in [1.29, 1.82) is 0 Å². The lowest BCUT2D eigenvalue weighted by Crippen LogP contribution is -2.29. The van der Waals surface area contributed by atoms with Gasteiger partial charge in [0, 0.05) is 17.1 Å². The van der Waals surface area contributed by atoms with E-state index in [9.17, 15) is 4.79 Å². The molecule has 33 heavy (non-hydrogen) atoms. The molecule has 4 rings (SSSR count). The number of anilines is 1. The monoisotopic (exact) mass is 459 g/mol. The quantitative estimate of drug-likeness (QED) is 0.354. The van der Waals surface area contributed by atoms with Crippen LogP contribution >= 0.6 is 11.8 Å². The van der Waals surface area contributed by atoms with Crippen molar-refractivity contribution in [2.24, 2.45) is 0 Å². The first-order chi connectivity index (χ1) is 16.1. The number of benzene rings is 3. The van der Waals surface area contributed by atoms with Gasteiger partial charge in [-0.15, -0.1) is 10.2 Å². The van der Waals surface area contributed by atoms with Crippen molar-refractivity contribution in [3.05, 3.63) is 95.8 Å². The maximum Gasteiger partial charge on any atom is 0.319 e. The third kappa shape index (κ3) is 5.93. The first-order valence-corrected chi connectivity index (χ1v) is 11.5. The zero-order valence-corrected chi connectivity index (χ0v) is 19.3. The molecule has 0 saturated carbocycles. The molecule has 0 aliphatic heterocycles. The van der Waals surface area contributed by atoms with E-state index >= 15 is 0 Å². The Kier molecular flexibility index (Phi) is 7.26. The number of ether oxygens (including phenoxy) is 1. The number of hydrogen-bond acceptors (Lipinski definition) is 5. The number of aryl methyl sites for hydroxylation is 1.